The lowest BCUT2D eigenvalue weighted by molar-refractivity contribution is -0.115. The highest BCUT2D eigenvalue weighted by atomic mass is 35.5. The molecule has 0 fully saturated rings. The van der Waals surface area contributed by atoms with Crippen LogP contribution in [-0.2, 0) is 17.9 Å². The molecule has 3 aromatic carbocycles. The minimum Gasteiger partial charge on any atom is -0.326 e. The molecule has 158 valence electrons. The topological polar surface area (TPSA) is 70.7 Å². The van der Waals surface area contributed by atoms with E-state index in [0.29, 0.717) is 17.3 Å². The van der Waals surface area contributed by atoms with Crippen molar-refractivity contribution in [3.8, 4) is 0 Å². The molecule has 0 bridgehead atoms. The first-order chi connectivity index (χ1) is 14.9. The highest BCUT2D eigenvalue weighted by molar-refractivity contribution is 6.31. The number of carbonyl (C=O) groups excluding carboxylic acids is 1. The van der Waals surface area contributed by atoms with Crippen molar-refractivity contribution in [1.82, 2.24) is 4.90 Å². The van der Waals surface area contributed by atoms with E-state index in [9.17, 15) is 4.79 Å². The Labute approximate surface area is 187 Å². The Hall–Kier alpha value is -2.99. The maximum Gasteiger partial charge on any atom is 0.238 e. The van der Waals surface area contributed by atoms with Gasteiger partial charge < -0.3 is 16.0 Å². The van der Waals surface area contributed by atoms with Gasteiger partial charge in [0.1, 0.15) is 5.92 Å². The summed E-state index contributed by atoms with van der Waals surface area (Å²) in [6.07, 6.45) is 0. The normalized spacial score (nSPS) is 15.8. The van der Waals surface area contributed by atoms with Crippen LogP contribution in [0.25, 0.3) is 0 Å². The lowest BCUT2D eigenvalue weighted by Crippen LogP contribution is -2.22. The molecule has 31 heavy (non-hydrogen) atoms. The second-order valence-electron chi connectivity index (χ2n) is 7.96. The van der Waals surface area contributed by atoms with Gasteiger partial charge in [-0.1, -0.05) is 54.1 Å². The van der Waals surface area contributed by atoms with Gasteiger partial charge in [-0.05, 0) is 60.6 Å². The number of hydrogen-bond acceptors (Lipinski definition) is 4. The summed E-state index contributed by atoms with van der Waals surface area (Å²) in [4.78, 5) is 20.0. The third kappa shape index (κ3) is 4.69. The number of rotatable bonds is 6. The second-order valence-corrected chi connectivity index (χ2v) is 8.39. The fourth-order valence-corrected chi connectivity index (χ4v) is 3.97. The quantitative estimate of drug-likeness (QED) is 0.554. The Bertz CT molecular complexity index is 1120. The minimum atomic E-state index is -0.516. The van der Waals surface area contributed by atoms with E-state index in [-0.39, 0.29) is 5.91 Å². The van der Waals surface area contributed by atoms with Crippen molar-refractivity contribution in [2.24, 2.45) is 10.7 Å². The number of nitrogens with zero attached hydrogens (tertiary/aromatic N) is 2. The van der Waals surface area contributed by atoms with Crippen molar-refractivity contribution in [3.63, 3.8) is 0 Å². The molecule has 3 aromatic rings. The van der Waals surface area contributed by atoms with Crippen LogP contribution in [0, 0.1) is 0 Å². The van der Waals surface area contributed by atoms with Gasteiger partial charge in [0.05, 0.1) is 11.4 Å². The monoisotopic (exact) mass is 432 g/mol. The lowest BCUT2D eigenvalue weighted by Gasteiger charge is -2.15. The van der Waals surface area contributed by atoms with E-state index in [0.717, 1.165) is 34.6 Å². The molecule has 0 spiro atoms. The van der Waals surface area contributed by atoms with Crippen LogP contribution in [-0.4, -0.2) is 30.6 Å². The predicted octanol–water partition coefficient (Wildman–Crippen LogP) is 4.72. The Morgan fingerprint density at radius 2 is 1.71 bits per heavy atom. The zero-order valence-electron chi connectivity index (χ0n) is 17.6. The molecule has 1 aliphatic heterocycles. The minimum absolute atomic E-state index is 0.108. The smallest absolute Gasteiger partial charge is 0.238 e. The van der Waals surface area contributed by atoms with Crippen LogP contribution in [0.3, 0.4) is 0 Å². The molecule has 0 aromatic heterocycles. The Kier molecular flexibility index (Phi) is 6.18. The highest BCUT2D eigenvalue weighted by Crippen LogP contribution is 2.37. The first-order valence-electron chi connectivity index (χ1n) is 10.2. The molecule has 0 saturated heterocycles. The Morgan fingerprint density at radius 1 is 1.03 bits per heavy atom. The molecular formula is C25H25ClN4O. The third-order valence-corrected chi connectivity index (χ3v) is 5.53. The van der Waals surface area contributed by atoms with E-state index in [4.69, 9.17) is 22.3 Å². The average molecular weight is 433 g/mol. The van der Waals surface area contributed by atoms with Crippen molar-refractivity contribution >= 4 is 34.6 Å². The van der Waals surface area contributed by atoms with Gasteiger partial charge in [-0.3, -0.25) is 9.79 Å². The van der Waals surface area contributed by atoms with Crippen LogP contribution < -0.4 is 11.1 Å². The number of nitrogens with one attached hydrogen (secondary N) is 1. The van der Waals surface area contributed by atoms with E-state index in [1.165, 1.54) is 5.56 Å². The highest BCUT2D eigenvalue weighted by Gasteiger charge is 2.35. The van der Waals surface area contributed by atoms with Crippen molar-refractivity contribution < 1.29 is 4.79 Å². The average Bonchev–Trinajstić information content (AvgIpc) is 3.07. The van der Waals surface area contributed by atoms with Crippen LogP contribution in [0.1, 0.15) is 28.2 Å². The summed E-state index contributed by atoms with van der Waals surface area (Å²) in [7, 11) is 4.08. The molecule has 1 unspecified atom stereocenters. The molecule has 6 heteroatoms. The predicted molar refractivity (Wildman–Crippen MR) is 127 cm³/mol. The van der Waals surface area contributed by atoms with E-state index >= 15 is 0 Å². The first-order valence-corrected chi connectivity index (χ1v) is 10.5. The lowest BCUT2D eigenvalue weighted by atomic mass is 9.90. The summed E-state index contributed by atoms with van der Waals surface area (Å²) in [5.41, 5.74) is 12.0. The molecule has 0 aliphatic carbocycles. The van der Waals surface area contributed by atoms with E-state index in [1.807, 2.05) is 56.6 Å². The van der Waals surface area contributed by atoms with Crippen molar-refractivity contribution in [1.29, 1.82) is 0 Å². The number of halogens is 1. The van der Waals surface area contributed by atoms with E-state index < -0.39 is 5.92 Å². The fraction of sp³-hybridized carbons (Fsp3) is 0.200. The van der Waals surface area contributed by atoms with Gasteiger partial charge in [-0.2, -0.15) is 0 Å². The number of fused-ring (bicyclic) bond motifs is 1. The van der Waals surface area contributed by atoms with Gasteiger partial charge in [-0.25, -0.2) is 0 Å². The number of nitrogens with two attached hydrogens (primary N) is 1. The molecule has 1 aliphatic rings. The number of aliphatic imine (C=N–C) groups is 1. The van der Waals surface area contributed by atoms with Crippen LogP contribution >= 0.6 is 11.6 Å². The zero-order chi connectivity index (χ0) is 22.0. The molecule has 1 amide bonds. The van der Waals surface area contributed by atoms with Gasteiger partial charge in [0, 0.05) is 23.8 Å². The van der Waals surface area contributed by atoms with E-state index in [1.54, 1.807) is 12.1 Å². The summed E-state index contributed by atoms with van der Waals surface area (Å²) < 4.78 is 0. The molecule has 1 atom stereocenters. The van der Waals surface area contributed by atoms with Crippen LogP contribution in [0.2, 0.25) is 5.02 Å². The number of hydrogen-bond donors (Lipinski definition) is 2. The molecule has 0 radical (unpaired) electrons. The molecule has 1 heterocycles. The van der Waals surface area contributed by atoms with Crippen molar-refractivity contribution in [3.05, 3.63) is 94.0 Å². The van der Waals surface area contributed by atoms with Gasteiger partial charge in [0.2, 0.25) is 5.91 Å². The molecule has 5 nitrogen and oxygen atoms in total. The number of amides is 1. The second kappa shape index (κ2) is 9.02. The van der Waals surface area contributed by atoms with E-state index in [2.05, 4.69) is 22.3 Å². The fourth-order valence-electron chi connectivity index (χ4n) is 3.79. The maximum atomic E-state index is 13.0. The van der Waals surface area contributed by atoms with Crippen LogP contribution in [0.4, 0.5) is 11.4 Å². The van der Waals surface area contributed by atoms with Crippen LogP contribution in [0.5, 0.6) is 0 Å². The van der Waals surface area contributed by atoms with Gasteiger partial charge in [0.15, 0.2) is 0 Å². The number of carbonyl (C=O) groups is 1. The zero-order valence-corrected chi connectivity index (χ0v) is 18.4. The van der Waals surface area contributed by atoms with Crippen LogP contribution in [0.15, 0.2) is 71.7 Å². The molecule has 4 rings (SSSR count). The Balaban J connectivity index is 1.79. The van der Waals surface area contributed by atoms with Gasteiger partial charge >= 0.3 is 0 Å². The van der Waals surface area contributed by atoms with Crippen molar-refractivity contribution in [2.45, 2.75) is 19.0 Å². The summed E-state index contributed by atoms with van der Waals surface area (Å²) in [5.74, 6) is -0.624. The molecule has 0 saturated carbocycles. The molecule has 3 N–H and O–H groups in total. The van der Waals surface area contributed by atoms with Gasteiger partial charge in [-0.15, -0.1) is 0 Å². The van der Waals surface area contributed by atoms with Crippen molar-refractivity contribution in [2.75, 3.05) is 19.4 Å². The Morgan fingerprint density at radius 3 is 2.35 bits per heavy atom. The van der Waals surface area contributed by atoms with Gasteiger partial charge in [0.25, 0.3) is 0 Å². The SMILES string of the molecule is CN(C)Cc1ccc(N=C(c2ccc(CN)cc2)C2C(=O)Nc3cc(Cl)ccc32)cc1. The number of anilines is 1. The summed E-state index contributed by atoms with van der Waals surface area (Å²) in [5, 5.41) is 3.53. The summed E-state index contributed by atoms with van der Waals surface area (Å²) in [6.45, 7) is 1.32. The standard InChI is InChI=1S/C25H25ClN4O/c1-30(2)15-17-5-10-20(11-6-17)28-24(18-7-3-16(14-27)4-8-18)23-21-12-9-19(26)13-22(21)29-25(23)31/h3-13,23H,14-15,27H2,1-2H3,(H,29,31). The summed E-state index contributed by atoms with van der Waals surface area (Å²) >= 11 is 6.13. The first kappa shape index (κ1) is 21.2. The largest absolute Gasteiger partial charge is 0.326 e. The third-order valence-electron chi connectivity index (χ3n) is 5.29. The molecular weight excluding hydrogens is 408 g/mol. The number of benzene rings is 3. The summed E-state index contributed by atoms with van der Waals surface area (Å²) in [6, 6.07) is 21.5. The maximum absolute atomic E-state index is 13.0.